The van der Waals surface area contributed by atoms with E-state index >= 15 is 0 Å². The Morgan fingerprint density at radius 1 is 1.06 bits per heavy atom. The first-order valence-electron chi connectivity index (χ1n) is 9.64. The third-order valence-corrected chi connectivity index (χ3v) is 4.77. The zero-order chi connectivity index (χ0) is 23.4. The molecule has 0 saturated carbocycles. The minimum atomic E-state index is -1.36. The number of ether oxygens (including phenoxy) is 1. The normalized spacial score (nSPS) is 10.6. The maximum absolute atomic E-state index is 13.2. The molecule has 4 aromatic rings. The maximum Gasteiger partial charge on any atom is 0.342 e. The molecule has 0 bridgehead atoms. The molecule has 0 amide bonds. The van der Waals surface area contributed by atoms with Crippen LogP contribution in [0.4, 0.5) is 16.0 Å². The molecule has 166 valence electrons. The zero-order valence-corrected chi connectivity index (χ0v) is 17.7. The molecule has 0 aliphatic heterocycles. The lowest BCUT2D eigenvalue weighted by Crippen LogP contribution is -2.23. The lowest BCUT2D eigenvalue weighted by molar-refractivity contribution is 0.0694. The topological polar surface area (TPSA) is 106 Å². The fourth-order valence-electron chi connectivity index (χ4n) is 2.95. The molecule has 0 aliphatic rings. The molecule has 0 saturated heterocycles. The van der Waals surface area contributed by atoms with Gasteiger partial charge in [-0.15, -0.1) is 0 Å². The van der Waals surface area contributed by atoms with Gasteiger partial charge in [-0.05, 0) is 48.0 Å². The van der Waals surface area contributed by atoms with Crippen LogP contribution >= 0.6 is 11.6 Å². The molecule has 0 fully saturated rings. The van der Waals surface area contributed by atoms with Crippen molar-refractivity contribution in [2.75, 3.05) is 5.32 Å². The molecule has 8 nitrogen and oxygen atoms in total. The minimum absolute atomic E-state index is 0.110. The van der Waals surface area contributed by atoms with Crippen molar-refractivity contribution in [3.05, 3.63) is 105 Å². The Bertz CT molecular complexity index is 1360. The van der Waals surface area contributed by atoms with Crippen LogP contribution in [0.5, 0.6) is 11.6 Å². The van der Waals surface area contributed by atoms with Crippen molar-refractivity contribution in [2.24, 2.45) is 0 Å². The first-order valence-corrected chi connectivity index (χ1v) is 10.0. The number of nitrogens with one attached hydrogen (secondary N) is 1. The number of carboxylic acid groups (broad SMARTS) is 1. The SMILES string of the molecule is O=C(O)c1cn(Cc2ccc(Cl)cc2)c(Nc2ccc(Oc3cccc(F)n3)cc2)nc1=O. The van der Waals surface area contributed by atoms with Gasteiger partial charge in [-0.1, -0.05) is 29.8 Å². The standard InChI is InChI=1S/C23H16ClFN4O4/c24-15-6-4-14(5-7-15)12-29-13-18(22(31)32)21(30)28-23(29)26-16-8-10-17(11-9-16)33-20-3-1-2-19(25)27-20/h1-11,13H,12H2,(H,31,32)(H,26,28,30). The van der Waals surface area contributed by atoms with Crippen LogP contribution in [0.15, 0.2) is 77.7 Å². The van der Waals surface area contributed by atoms with Crippen LogP contribution in [0.25, 0.3) is 0 Å². The third kappa shape index (κ3) is 5.52. The molecule has 2 N–H and O–H groups in total. The van der Waals surface area contributed by atoms with E-state index in [1.54, 1.807) is 48.5 Å². The lowest BCUT2D eigenvalue weighted by Gasteiger charge is -2.15. The van der Waals surface area contributed by atoms with E-state index in [0.717, 1.165) is 5.56 Å². The number of aromatic nitrogens is 3. The summed E-state index contributed by atoms with van der Waals surface area (Å²) in [6.45, 7) is 0.250. The summed E-state index contributed by atoms with van der Waals surface area (Å²) < 4.78 is 20.3. The van der Waals surface area contributed by atoms with E-state index in [0.29, 0.717) is 16.5 Å². The van der Waals surface area contributed by atoms with Gasteiger partial charge in [-0.3, -0.25) is 4.79 Å². The largest absolute Gasteiger partial charge is 0.477 e. The van der Waals surface area contributed by atoms with Crippen LogP contribution in [0.2, 0.25) is 5.02 Å². The van der Waals surface area contributed by atoms with E-state index in [1.165, 1.54) is 29.0 Å². The Hall–Kier alpha value is -4.24. The summed E-state index contributed by atoms with van der Waals surface area (Å²) in [5, 5.41) is 12.9. The van der Waals surface area contributed by atoms with E-state index in [-0.39, 0.29) is 18.4 Å². The van der Waals surface area contributed by atoms with E-state index in [9.17, 15) is 19.1 Å². The number of halogens is 2. The minimum Gasteiger partial charge on any atom is -0.477 e. The van der Waals surface area contributed by atoms with Gasteiger partial charge in [0.25, 0.3) is 5.56 Å². The fraction of sp³-hybridized carbons (Fsp3) is 0.0435. The summed E-state index contributed by atoms with van der Waals surface area (Å²) in [6, 6.07) is 17.8. The molecule has 0 aliphatic carbocycles. The summed E-state index contributed by atoms with van der Waals surface area (Å²) in [5.41, 5.74) is 0.0836. The number of rotatable bonds is 7. The monoisotopic (exact) mass is 466 g/mol. The second-order valence-electron chi connectivity index (χ2n) is 6.89. The summed E-state index contributed by atoms with van der Waals surface area (Å²) in [5.74, 6) is -1.33. The lowest BCUT2D eigenvalue weighted by atomic mass is 10.2. The van der Waals surface area contributed by atoms with Crippen LogP contribution in [-0.2, 0) is 6.54 Å². The van der Waals surface area contributed by atoms with E-state index < -0.39 is 23.0 Å². The van der Waals surface area contributed by atoms with Crippen molar-refractivity contribution in [1.29, 1.82) is 0 Å². The number of benzene rings is 2. The molecule has 0 spiro atoms. The van der Waals surface area contributed by atoms with Crippen LogP contribution in [0.1, 0.15) is 15.9 Å². The van der Waals surface area contributed by atoms with E-state index in [4.69, 9.17) is 16.3 Å². The van der Waals surface area contributed by atoms with Crippen molar-refractivity contribution in [3.8, 4) is 11.6 Å². The smallest absolute Gasteiger partial charge is 0.342 e. The molecule has 10 heteroatoms. The molecule has 33 heavy (non-hydrogen) atoms. The van der Waals surface area contributed by atoms with Gasteiger partial charge < -0.3 is 19.7 Å². The highest BCUT2D eigenvalue weighted by Gasteiger charge is 2.15. The molecule has 4 rings (SSSR count). The highest BCUT2D eigenvalue weighted by Crippen LogP contribution is 2.23. The average molecular weight is 467 g/mol. The Labute approximate surface area is 191 Å². The fourth-order valence-corrected chi connectivity index (χ4v) is 3.07. The molecule has 0 unspecified atom stereocenters. The van der Waals surface area contributed by atoms with Crippen LogP contribution in [-0.4, -0.2) is 25.6 Å². The van der Waals surface area contributed by atoms with Gasteiger partial charge in [0, 0.05) is 23.0 Å². The first kappa shape index (κ1) is 22.0. The first-order chi connectivity index (χ1) is 15.9. The molecular weight excluding hydrogens is 451 g/mol. The van der Waals surface area contributed by atoms with Crippen molar-refractivity contribution in [1.82, 2.24) is 14.5 Å². The van der Waals surface area contributed by atoms with Crippen LogP contribution in [0.3, 0.4) is 0 Å². The number of pyridine rings is 1. The quantitative estimate of drug-likeness (QED) is 0.380. The second kappa shape index (κ2) is 9.49. The van der Waals surface area contributed by atoms with Crippen LogP contribution < -0.4 is 15.6 Å². The molecule has 0 radical (unpaired) electrons. The Kier molecular flexibility index (Phi) is 6.32. The Morgan fingerprint density at radius 2 is 1.79 bits per heavy atom. The average Bonchev–Trinajstić information content (AvgIpc) is 2.78. The second-order valence-corrected chi connectivity index (χ2v) is 7.33. The number of aromatic carboxylic acids is 1. The van der Waals surface area contributed by atoms with Gasteiger partial charge in [-0.25, -0.2) is 4.79 Å². The molecular formula is C23H16ClFN4O4. The van der Waals surface area contributed by atoms with Crippen molar-refractivity contribution in [2.45, 2.75) is 6.54 Å². The number of hydrogen-bond donors (Lipinski definition) is 2. The van der Waals surface area contributed by atoms with E-state index in [1.807, 2.05) is 0 Å². The number of carboxylic acids is 1. The highest BCUT2D eigenvalue weighted by molar-refractivity contribution is 6.30. The summed E-state index contributed by atoms with van der Waals surface area (Å²) >= 11 is 5.93. The van der Waals surface area contributed by atoms with Crippen molar-refractivity contribution in [3.63, 3.8) is 0 Å². The molecule has 2 aromatic heterocycles. The molecule has 2 heterocycles. The van der Waals surface area contributed by atoms with Crippen molar-refractivity contribution >= 4 is 29.2 Å². The van der Waals surface area contributed by atoms with Gasteiger partial charge in [-0.2, -0.15) is 14.4 Å². The number of anilines is 2. The van der Waals surface area contributed by atoms with Gasteiger partial charge in [0.05, 0.1) is 6.54 Å². The summed E-state index contributed by atoms with van der Waals surface area (Å²) in [6.07, 6.45) is 1.24. The van der Waals surface area contributed by atoms with Crippen molar-refractivity contribution < 1.29 is 19.0 Å². The third-order valence-electron chi connectivity index (χ3n) is 4.51. The number of carbonyl (C=O) groups is 1. The Balaban J connectivity index is 1.59. The Morgan fingerprint density at radius 3 is 2.45 bits per heavy atom. The number of hydrogen-bond acceptors (Lipinski definition) is 6. The summed E-state index contributed by atoms with van der Waals surface area (Å²) in [4.78, 5) is 31.1. The predicted octanol–water partition coefficient (Wildman–Crippen LogP) is 4.71. The van der Waals surface area contributed by atoms with Gasteiger partial charge in [0.2, 0.25) is 17.8 Å². The van der Waals surface area contributed by atoms with Crippen LogP contribution in [0, 0.1) is 5.95 Å². The van der Waals surface area contributed by atoms with Gasteiger partial charge >= 0.3 is 5.97 Å². The van der Waals surface area contributed by atoms with E-state index in [2.05, 4.69) is 15.3 Å². The number of nitrogens with zero attached hydrogens (tertiary/aromatic N) is 3. The molecule has 2 aromatic carbocycles. The highest BCUT2D eigenvalue weighted by atomic mass is 35.5. The zero-order valence-electron chi connectivity index (χ0n) is 16.9. The molecule has 0 atom stereocenters. The summed E-state index contributed by atoms with van der Waals surface area (Å²) in [7, 11) is 0. The maximum atomic E-state index is 13.2. The predicted molar refractivity (Wildman–Crippen MR) is 120 cm³/mol. The van der Waals surface area contributed by atoms with Gasteiger partial charge in [0.1, 0.15) is 11.3 Å². The van der Waals surface area contributed by atoms with Gasteiger partial charge in [0.15, 0.2) is 0 Å².